The van der Waals surface area contributed by atoms with Gasteiger partial charge in [-0.25, -0.2) is 0 Å². The molecular formula is C11H10NO. The van der Waals surface area contributed by atoms with Crippen LogP contribution >= 0.6 is 0 Å². The van der Waals surface area contributed by atoms with Gasteiger partial charge in [0.25, 0.3) is 0 Å². The van der Waals surface area contributed by atoms with E-state index in [2.05, 4.69) is 0 Å². The highest BCUT2D eigenvalue weighted by atomic mass is 16.1. The van der Waals surface area contributed by atoms with Crippen molar-refractivity contribution >= 4 is 16.7 Å². The molecule has 1 heterocycles. The molecular weight excluding hydrogens is 162 g/mol. The van der Waals surface area contributed by atoms with Crippen molar-refractivity contribution in [2.24, 2.45) is 0 Å². The van der Waals surface area contributed by atoms with Crippen LogP contribution in [-0.2, 0) is 4.79 Å². The van der Waals surface area contributed by atoms with E-state index in [1.165, 1.54) is 0 Å². The third kappa shape index (κ3) is 1.47. The third-order valence-corrected chi connectivity index (χ3v) is 1.95. The minimum atomic E-state index is 0.0568. The molecule has 0 saturated carbocycles. The van der Waals surface area contributed by atoms with Crippen molar-refractivity contribution in [2.75, 3.05) is 0 Å². The smallest absolute Gasteiger partial charge is 0.155 e. The Kier molecular flexibility index (Phi) is 1.89. The first kappa shape index (κ1) is 8.05. The first-order chi connectivity index (χ1) is 6.27. The lowest BCUT2D eigenvalue weighted by molar-refractivity contribution is -0.114. The second kappa shape index (κ2) is 3.05. The van der Waals surface area contributed by atoms with Crippen molar-refractivity contribution in [2.45, 2.75) is 6.92 Å². The summed E-state index contributed by atoms with van der Waals surface area (Å²) in [7, 11) is 0. The Balaban J connectivity index is 2.51. The van der Waals surface area contributed by atoms with Crippen LogP contribution in [0.2, 0.25) is 0 Å². The summed E-state index contributed by atoms with van der Waals surface area (Å²) < 4.78 is 1.84. The maximum absolute atomic E-state index is 10.9. The lowest BCUT2D eigenvalue weighted by Gasteiger charge is -1.99. The molecule has 0 atom stereocenters. The summed E-state index contributed by atoms with van der Waals surface area (Å²) in [6, 6.07) is 9.97. The number of carbonyl (C=O) groups excluding carboxylic acids is 1. The average molecular weight is 172 g/mol. The van der Waals surface area contributed by atoms with E-state index in [9.17, 15) is 4.79 Å². The van der Waals surface area contributed by atoms with Gasteiger partial charge in [0.2, 0.25) is 0 Å². The van der Waals surface area contributed by atoms with E-state index in [4.69, 9.17) is 0 Å². The average Bonchev–Trinajstić information content (AvgIpc) is 2.48. The predicted molar refractivity (Wildman–Crippen MR) is 52.3 cm³/mol. The fraction of sp³-hybridized carbons (Fsp3) is 0.0909. The number of rotatable bonds is 2. The van der Waals surface area contributed by atoms with Crippen LogP contribution in [0.4, 0.5) is 0 Å². The van der Waals surface area contributed by atoms with Gasteiger partial charge >= 0.3 is 0 Å². The Morgan fingerprint density at radius 2 is 2.08 bits per heavy atom. The van der Waals surface area contributed by atoms with Crippen molar-refractivity contribution < 1.29 is 4.79 Å². The van der Waals surface area contributed by atoms with Gasteiger partial charge in [-0.1, -0.05) is 18.2 Å². The molecule has 2 heteroatoms. The molecule has 0 amide bonds. The summed E-state index contributed by atoms with van der Waals surface area (Å²) in [4.78, 5) is 10.9. The predicted octanol–water partition coefficient (Wildman–Crippen LogP) is 2.24. The van der Waals surface area contributed by atoms with Crippen LogP contribution in [0.25, 0.3) is 10.9 Å². The van der Waals surface area contributed by atoms with Gasteiger partial charge in [0, 0.05) is 11.7 Å². The number of carbonyl (C=O) groups is 1. The van der Waals surface area contributed by atoms with Crippen LogP contribution in [0.15, 0.2) is 36.5 Å². The maximum atomic E-state index is 10.9. The number of hydrogen-bond acceptors (Lipinski definition) is 1. The molecule has 1 radical (unpaired) electrons. The second-order valence-corrected chi connectivity index (χ2v) is 3.02. The van der Waals surface area contributed by atoms with Crippen LogP contribution < -0.4 is 0 Å². The van der Waals surface area contributed by atoms with Crippen molar-refractivity contribution in [3.63, 3.8) is 0 Å². The van der Waals surface area contributed by atoms with E-state index in [0.717, 1.165) is 10.9 Å². The summed E-state index contributed by atoms with van der Waals surface area (Å²) in [6.45, 7) is 3.14. The SMILES string of the molecule is CC(=O)[CH]n1ccc2ccccc21. The normalized spacial score (nSPS) is 10.5. The first-order valence-corrected chi connectivity index (χ1v) is 4.18. The zero-order valence-corrected chi connectivity index (χ0v) is 7.40. The third-order valence-electron chi connectivity index (χ3n) is 1.95. The molecule has 2 aromatic rings. The van der Waals surface area contributed by atoms with E-state index < -0.39 is 0 Å². The van der Waals surface area contributed by atoms with E-state index in [-0.39, 0.29) is 5.78 Å². The van der Waals surface area contributed by atoms with E-state index in [1.807, 2.05) is 41.1 Å². The zero-order valence-electron chi connectivity index (χ0n) is 7.40. The van der Waals surface area contributed by atoms with Crippen LogP contribution in [0.1, 0.15) is 6.92 Å². The van der Waals surface area contributed by atoms with Crippen molar-refractivity contribution in [1.29, 1.82) is 0 Å². The standard InChI is InChI=1S/C11H10NO/c1-9(13)8-12-7-6-10-4-2-3-5-11(10)12/h2-8H,1H3. The Hall–Kier alpha value is -1.57. The fourth-order valence-corrected chi connectivity index (χ4v) is 1.41. The molecule has 0 unspecified atom stereocenters. The molecule has 2 nitrogen and oxygen atoms in total. The summed E-state index contributed by atoms with van der Waals surface area (Å²) in [5.41, 5.74) is 1.07. The maximum Gasteiger partial charge on any atom is 0.155 e. The van der Waals surface area contributed by atoms with Gasteiger partial charge in [0.05, 0.1) is 0 Å². The van der Waals surface area contributed by atoms with Crippen molar-refractivity contribution in [1.82, 2.24) is 4.57 Å². The second-order valence-electron chi connectivity index (χ2n) is 3.02. The van der Waals surface area contributed by atoms with Gasteiger partial charge in [-0.05, 0) is 24.4 Å². The highest BCUT2D eigenvalue weighted by molar-refractivity contribution is 5.88. The van der Waals surface area contributed by atoms with Gasteiger partial charge in [0.1, 0.15) is 6.54 Å². The highest BCUT2D eigenvalue weighted by Crippen LogP contribution is 2.15. The van der Waals surface area contributed by atoms with E-state index in [1.54, 1.807) is 13.5 Å². The summed E-state index contributed by atoms with van der Waals surface area (Å²) >= 11 is 0. The lowest BCUT2D eigenvalue weighted by atomic mass is 10.2. The summed E-state index contributed by atoms with van der Waals surface area (Å²) in [6.07, 6.45) is 1.89. The Morgan fingerprint density at radius 1 is 1.31 bits per heavy atom. The fourth-order valence-electron chi connectivity index (χ4n) is 1.41. The van der Waals surface area contributed by atoms with E-state index >= 15 is 0 Å². The Bertz CT molecular complexity index is 442. The molecule has 0 bridgehead atoms. The number of aromatic nitrogens is 1. The Morgan fingerprint density at radius 3 is 2.85 bits per heavy atom. The monoisotopic (exact) mass is 172 g/mol. The zero-order chi connectivity index (χ0) is 9.26. The van der Waals surface area contributed by atoms with Gasteiger partial charge < -0.3 is 4.57 Å². The minimum Gasteiger partial charge on any atom is -0.334 e. The first-order valence-electron chi connectivity index (χ1n) is 4.18. The largest absolute Gasteiger partial charge is 0.334 e. The molecule has 13 heavy (non-hydrogen) atoms. The van der Waals surface area contributed by atoms with Crippen LogP contribution in [0.5, 0.6) is 0 Å². The van der Waals surface area contributed by atoms with Crippen molar-refractivity contribution in [3.05, 3.63) is 43.1 Å². The van der Waals surface area contributed by atoms with Crippen LogP contribution in [0.3, 0.4) is 0 Å². The molecule has 0 spiro atoms. The minimum absolute atomic E-state index is 0.0568. The molecule has 1 aromatic carbocycles. The lowest BCUT2D eigenvalue weighted by Crippen LogP contribution is -2.00. The molecule has 0 aliphatic heterocycles. The number of hydrogen-bond donors (Lipinski definition) is 0. The topological polar surface area (TPSA) is 22.0 Å². The quantitative estimate of drug-likeness (QED) is 0.681. The number of para-hydroxylation sites is 1. The molecule has 2 rings (SSSR count). The van der Waals surface area contributed by atoms with Crippen LogP contribution in [-0.4, -0.2) is 10.4 Å². The molecule has 0 N–H and O–H groups in total. The molecule has 1 aromatic heterocycles. The van der Waals surface area contributed by atoms with Crippen LogP contribution in [0, 0.1) is 6.54 Å². The molecule has 0 saturated heterocycles. The Labute approximate surface area is 76.8 Å². The number of nitrogens with zero attached hydrogens (tertiary/aromatic N) is 1. The number of Topliss-reactive ketones (excluding diaryl/α,β-unsaturated/α-hetero) is 1. The number of fused-ring (bicyclic) bond motifs is 1. The number of ketones is 1. The molecule has 65 valence electrons. The molecule has 0 fully saturated rings. The van der Waals surface area contributed by atoms with Gasteiger partial charge in [-0.15, -0.1) is 0 Å². The highest BCUT2D eigenvalue weighted by Gasteiger charge is 2.01. The summed E-state index contributed by atoms with van der Waals surface area (Å²) in [5, 5.41) is 1.15. The van der Waals surface area contributed by atoms with Crippen molar-refractivity contribution in [3.8, 4) is 0 Å². The van der Waals surface area contributed by atoms with Gasteiger partial charge in [-0.3, -0.25) is 4.79 Å². The van der Waals surface area contributed by atoms with E-state index in [0.29, 0.717) is 0 Å². The summed E-state index contributed by atoms with van der Waals surface area (Å²) in [5.74, 6) is 0.0568. The molecule has 0 aliphatic carbocycles. The van der Waals surface area contributed by atoms with Gasteiger partial charge in [0.15, 0.2) is 5.78 Å². The molecule has 0 aliphatic rings. The van der Waals surface area contributed by atoms with Gasteiger partial charge in [-0.2, -0.15) is 0 Å². The number of benzene rings is 1.